The minimum absolute atomic E-state index is 0.0653. The first-order valence-electron chi connectivity index (χ1n) is 4.95. The van der Waals surface area contributed by atoms with Gasteiger partial charge >= 0.3 is 0 Å². The highest BCUT2D eigenvalue weighted by molar-refractivity contribution is 5.04. The van der Waals surface area contributed by atoms with E-state index < -0.39 is 0 Å². The lowest BCUT2D eigenvalue weighted by Gasteiger charge is -2.09. The third kappa shape index (κ3) is 2.73. The normalized spacial score (nSPS) is 11.6. The van der Waals surface area contributed by atoms with Crippen molar-refractivity contribution < 1.29 is 0 Å². The molecule has 0 bridgehead atoms. The van der Waals surface area contributed by atoms with Crippen molar-refractivity contribution in [1.82, 2.24) is 14.7 Å². The first-order chi connectivity index (χ1) is 6.50. The van der Waals surface area contributed by atoms with Gasteiger partial charge in [-0.3, -0.25) is 14.6 Å². The molecule has 0 aromatic carbocycles. The maximum absolute atomic E-state index is 11.5. The molecule has 1 N–H and O–H groups in total. The van der Waals surface area contributed by atoms with Crippen molar-refractivity contribution in [3.8, 4) is 0 Å². The van der Waals surface area contributed by atoms with Crippen LogP contribution >= 0.6 is 0 Å². The van der Waals surface area contributed by atoms with E-state index in [1.165, 1.54) is 0 Å². The summed E-state index contributed by atoms with van der Waals surface area (Å²) in [4.78, 5) is 13.5. The standard InChI is InChI=1S/C10H19N3O/c1-8(2)9-7-10(14)13(11-9)6-5-12(3)4/h7-8,11H,5-6H2,1-4H3. The maximum atomic E-state index is 11.5. The van der Waals surface area contributed by atoms with E-state index in [2.05, 4.69) is 23.8 Å². The van der Waals surface area contributed by atoms with Gasteiger partial charge in [-0.25, -0.2) is 0 Å². The zero-order chi connectivity index (χ0) is 10.7. The maximum Gasteiger partial charge on any atom is 0.266 e. The van der Waals surface area contributed by atoms with Crippen LogP contribution < -0.4 is 5.56 Å². The third-order valence-electron chi connectivity index (χ3n) is 2.20. The average molecular weight is 197 g/mol. The van der Waals surface area contributed by atoms with Crippen LogP contribution in [0.3, 0.4) is 0 Å². The predicted octanol–water partition coefficient (Wildman–Crippen LogP) is 0.861. The fraction of sp³-hybridized carbons (Fsp3) is 0.700. The lowest BCUT2D eigenvalue weighted by Crippen LogP contribution is -2.24. The van der Waals surface area contributed by atoms with Crippen molar-refractivity contribution in [1.29, 1.82) is 0 Å². The highest BCUT2D eigenvalue weighted by atomic mass is 16.1. The average Bonchev–Trinajstić information content (AvgIpc) is 2.43. The SMILES string of the molecule is CC(C)c1cc(=O)n(CCN(C)C)[nH]1. The molecule has 0 aliphatic heterocycles. The van der Waals surface area contributed by atoms with Crippen LogP contribution in [-0.2, 0) is 6.54 Å². The number of aromatic nitrogens is 2. The number of rotatable bonds is 4. The molecule has 1 aromatic rings. The van der Waals surface area contributed by atoms with Crippen LogP contribution in [0.15, 0.2) is 10.9 Å². The second-order valence-corrected chi connectivity index (χ2v) is 4.16. The van der Waals surface area contributed by atoms with Crippen molar-refractivity contribution in [2.24, 2.45) is 0 Å². The van der Waals surface area contributed by atoms with Crippen LogP contribution in [0.1, 0.15) is 25.5 Å². The van der Waals surface area contributed by atoms with Gasteiger partial charge in [0.15, 0.2) is 0 Å². The van der Waals surface area contributed by atoms with Crippen LogP contribution in [0.4, 0.5) is 0 Å². The molecule has 0 atom stereocenters. The lowest BCUT2D eigenvalue weighted by atomic mass is 10.1. The Kier molecular flexibility index (Phi) is 3.52. The Morgan fingerprint density at radius 3 is 2.57 bits per heavy atom. The van der Waals surface area contributed by atoms with Crippen LogP contribution in [0.25, 0.3) is 0 Å². The van der Waals surface area contributed by atoms with Gasteiger partial charge in [0, 0.05) is 18.3 Å². The van der Waals surface area contributed by atoms with Crippen LogP contribution in [0.5, 0.6) is 0 Å². The van der Waals surface area contributed by atoms with E-state index in [0.717, 1.165) is 18.8 Å². The van der Waals surface area contributed by atoms with E-state index in [1.54, 1.807) is 10.7 Å². The Morgan fingerprint density at radius 1 is 1.50 bits per heavy atom. The van der Waals surface area contributed by atoms with E-state index in [9.17, 15) is 4.79 Å². The van der Waals surface area contributed by atoms with Gasteiger partial charge in [0.2, 0.25) is 0 Å². The Hall–Kier alpha value is -1.03. The minimum Gasteiger partial charge on any atom is -0.308 e. The van der Waals surface area contributed by atoms with Crippen LogP contribution in [-0.4, -0.2) is 35.3 Å². The van der Waals surface area contributed by atoms with Gasteiger partial charge in [0.25, 0.3) is 5.56 Å². The molecule has 0 spiro atoms. The van der Waals surface area contributed by atoms with E-state index in [0.29, 0.717) is 5.92 Å². The summed E-state index contributed by atoms with van der Waals surface area (Å²) in [5.74, 6) is 0.378. The predicted molar refractivity (Wildman–Crippen MR) is 57.7 cm³/mol. The van der Waals surface area contributed by atoms with Crippen LogP contribution in [0.2, 0.25) is 0 Å². The van der Waals surface area contributed by atoms with E-state index in [1.807, 2.05) is 14.1 Å². The molecule has 1 heterocycles. The largest absolute Gasteiger partial charge is 0.308 e. The van der Waals surface area contributed by atoms with Crippen molar-refractivity contribution in [3.63, 3.8) is 0 Å². The molecular formula is C10H19N3O. The van der Waals surface area contributed by atoms with E-state index in [4.69, 9.17) is 0 Å². The van der Waals surface area contributed by atoms with Crippen molar-refractivity contribution in [2.45, 2.75) is 26.3 Å². The Bertz CT molecular complexity index is 335. The first-order valence-corrected chi connectivity index (χ1v) is 4.95. The van der Waals surface area contributed by atoms with Crippen molar-refractivity contribution >= 4 is 0 Å². The van der Waals surface area contributed by atoms with Gasteiger partial charge in [-0.05, 0) is 20.0 Å². The Labute approximate surface area is 84.5 Å². The third-order valence-corrected chi connectivity index (χ3v) is 2.20. The highest BCUT2D eigenvalue weighted by Gasteiger charge is 2.05. The monoisotopic (exact) mass is 197 g/mol. The molecule has 0 saturated carbocycles. The topological polar surface area (TPSA) is 41.0 Å². The number of hydrogen-bond acceptors (Lipinski definition) is 2. The molecule has 0 fully saturated rings. The van der Waals surface area contributed by atoms with Gasteiger partial charge in [-0.2, -0.15) is 0 Å². The second-order valence-electron chi connectivity index (χ2n) is 4.16. The molecule has 0 saturated heterocycles. The number of likely N-dealkylation sites (N-methyl/N-ethyl adjacent to an activating group) is 1. The molecule has 14 heavy (non-hydrogen) atoms. The van der Waals surface area contributed by atoms with Crippen molar-refractivity contribution in [3.05, 3.63) is 22.1 Å². The summed E-state index contributed by atoms with van der Waals surface area (Å²) in [6, 6.07) is 1.68. The molecule has 80 valence electrons. The molecule has 4 heteroatoms. The molecule has 4 nitrogen and oxygen atoms in total. The zero-order valence-electron chi connectivity index (χ0n) is 9.37. The summed E-state index contributed by atoms with van der Waals surface area (Å²) in [5.41, 5.74) is 1.07. The molecule has 0 amide bonds. The summed E-state index contributed by atoms with van der Waals surface area (Å²) < 4.78 is 1.66. The Balaban J connectivity index is 2.73. The fourth-order valence-electron chi connectivity index (χ4n) is 1.22. The lowest BCUT2D eigenvalue weighted by molar-refractivity contribution is 0.369. The van der Waals surface area contributed by atoms with Gasteiger partial charge in [-0.1, -0.05) is 13.8 Å². The molecule has 0 radical (unpaired) electrons. The molecule has 1 rings (SSSR count). The molecule has 0 unspecified atom stereocenters. The smallest absolute Gasteiger partial charge is 0.266 e. The Morgan fingerprint density at radius 2 is 2.14 bits per heavy atom. The van der Waals surface area contributed by atoms with E-state index >= 15 is 0 Å². The van der Waals surface area contributed by atoms with Gasteiger partial charge in [-0.15, -0.1) is 0 Å². The highest BCUT2D eigenvalue weighted by Crippen LogP contribution is 2.07. The van der Waals surface area contributed by atoms with Crippen molar-refractivity contribution in [2.75, 3.05) is 20.6 Å². The number of nitrogens with one attached hydrogen (secondary N) is 1. The van der Waals surface area contributed by atoms with Gasteiger partial charge < -0.3 is 4.90 Å². The van der Waals surface area contributed by atoms with E-state index in [-0.39, 0.29) is 5.56 Å². The molecule has 0 aliphatic carbocycles. The quantitative estimate of drug-likeness (QED) is 0.778. The van der Waals surface area contributed by atoms with Gasteiger partial charge in [0.05, 0.1) is 6.54 Å². The molecule has 0 aliphatic rings. The summed E-state index contributed by atoms with van der Waals surface area (Å²) in [6.45, 7) is 5.74. The molecular weight excluding hydrogens is 178 g/mol. The van der Waals surface area contributed by atoms with Gasteiger partial charge in [0.1, 0.15) is 0 Å². The number of nitrogens with zero attached hydrogens (tertiary/aromatic N) is 2. The summed E-state index contributed by atoms with van der Waals surface area (Å²) in [5, 5.41) is 3.11. The number of hydrogen-bond donors (Lipinski definition) is 1. The summed E-state index contributed by atoms with van der Waals surface area (Å²) >= 11 is 0. The number of H-pyrrole nitrogens is 1. The zero-order valence-corrected chi connectivity index (χ0v) is 9.37. The summed E-state index contributed by atoms with van der Waals surface area (Å²) in [7, 11) is 3.99. The molecule has 1 aromatic heterocycles. The van der Waals surface area contributed by atoms with Crippen LogP contribution in [0, 0.1) is 0 Å². The number of aromatic amines is 1. The minimum atomic E-state index is 0.0653. The first kappa shape index (κ1) is 11.0. The second kappa shape index (κ2) is 4.46. The fourth-order valence-corrected chi connectivity index (χ4v) is 1.22. The summed E-state index contributed by atoms with van der Waals surface area (Å²) in [6.07, 6.45) is 0.